The number of ether oxygens (including phenoxy) is 1. The van der Waals surface area contributed by atoms with E-state index in [1.54, 1.807) is 31.2 Å². The van der Waals surface area contributed by atoms with Gasteiger partial charge in [-0.3, -0.25) is 0 Å². The van der Waals surface area contributed by atoms with E-state index in [2.05, 4.69) is 41.1 Å². The number of para-hydroxylation sites is 2. The molecule has 0 bridgehead atoms. The second kappa shape index (κ2) is 9.50. The van der Waals surface area contributed by atoms with Crippen molar-refractivity contribution >= 4 is 17.7 Å². The highest BCUT2D eigenvalue weighted by Crippen LogP contribution is 2.38. The molecule has 4 aromatic rings. The van der Waals surface area contributed by atoms with Crippen molar-refractivity contribution in [2.75, 3.05) is 11.9 Å². The van der Waals surface area contributed by atoms with Gasteiger partial charge in [0.2, 0.25) is 0 Å². The minimum atomic E-state index is -0.464. The molecule has 6 heteroatoms. The molecule has 1 aromatic heterocycles. The molecule has 0 aliphatic carbocycles. The SMILES string of the molecule is CCOC(=O)c1ccccc1NC(=O)N1Cc2ccccc2-n2cccc2[C@H]1c1ccccc1C. The van der Waals surface area contributed by atoms with E-state index in [0.29, 0.717) is 17.8 Å². The molecule has 0 spiro atoms. The van der Waals surface area contributed by atoms with Gasteiger partial charge in [0.15, 0.2) is 0 Å². The molecule has 1 atom stereocenters. The fourth-order valence-corrected chi connectivity index (χ4v) is 4.73. The molecule has 0 saturated carbocycles. The summed E-state index contributed by atoms with van der Waals surface area (Å²) in [5.74, 6) is -0.464. The molecule has 6 nitrogen and oxygen atoms in total. The molecular weight excluding hydrogens is 438 g/mol. The molecule has 0 unspecified atom stereocenters. The maximum absolute atomic E-state index is 13.9. The number of urea groups is 1. The number of aromatic nitrogens is 1. The second-order valence-electron chi connectivity index (χ2n) is 8.52. The van der Waals surface area contributed by atoms with Crippen LogP contribution in [0.25, 0.3) is 5.69 Å². The van der Waals surface area contributed by atoms with Crippen LogP contribution in [-0.4, -0.2) is 28.1 Å². The van der Waals surface area contributed by atoms with E-state index in [1.165, 1.54) is 0 Å². The number of esters is 1. The second-order valence-corrected chi connectivity index (χ2v) is 8.52. The number of hydrogen-bond acceptors (Lipinski definition) is 3. The number of nitrogens with one attached hydrogen (secondary N) is 1. The van der Waals surface area contributed by atoms with Crippen LogP contribution in [0.1, 0.15) is 45.7 Å². The molecular formula is C29H27N3O3. The summed E-state index contributed by atoms with van der Waals surface area (Å²) >= 11 is 0. The average Bonchev–Trinajstić information content (AvgIpc) is 3.30. The summed E-state index contributed by atoms with van der Waals surface area (Å²) in [7, 11) is 0. The van der Waals surface area contributed by atoms with Crippen LogP contribution in [0.4, 0.5) is 10.5 Å². The summed E-state index contributed by atoms with van der Waals surface area (Å²) < 4.78 is 7.36. The van der Waals surface area contributed by atoms with Gasteiger partial charge in [-0.2, -0.15) is 0 Å². The van der Waals surface area contributed by atoms with Crippen LogP contribution >= 0.6 is 0 Å². The van der Waals surface area contributed by atoms with Crippen LogP contribution in [0.3, 0.4) is 0 Å². The Hall–Kier alpha value is -4.32. The van der Waals surface area contributed by atoms with Crippen molar-refractivity contribution in [2.45, 2.75) is 26.4 Å². The fourth-order valence-electron chi connectivity index (χ4n) is 4.73. The predicted octanol–water partition coefficient (Wildman–Crippen LogP) is 6.10. The Bertz CT molecular complexity index is 1390. The summed E-state index contributed by atoms with van der Waals surface area (Å²) in [6.45, 7) is 4.49. The Labute approximate surface area is 204 Å². The molecule has 0 fully saturated rings. The largest absolute Gasteiger partial charge is 0.462 e. The lowest BCUT2D eigenvalue weighted by Crippen LogP contribution is -2.38. The minimum absolute atomic E-state index is 0.260. The number of hydrogen-bond donors (Lipinski definition) is 1. The normalized spacial score (nSPS) is 14.5. The lowest BCUT2D eigenvalue weighted by Gasteiger charge is -2.32. The third kappa shape index (κ3) is 4.19. The van der Waals surface area contributed by atoms with Gasteiger partial charge in [-0.25, -0.2) is 9.59 Å². The van der Waals surface area contributed by atoms with Gasteiger partial charge in [-0.05, 0) is 60.9 Å². The van der Waals surface area contributed by atoms with Crippen molar-refractivity contribution in [1.82, 2.24) is 9.47 Å². The summed E-state index contributed by atoms with van der Waals surface area (Å²) in [6.07, 6.45) is 2.04. The first-order valence-electron chi connectivity index (χ1n) is 11.7. The number of nitrogens with zero attached hydrogens (tertiary/aromatic N) is 2. The third-order valence-electron chi connectivity index (χ3n) is 6.37. The number of benzene rings is 3. The number of amides is 2. The highest BCUT2D eigenvalue weighted by Gasteiger charge is 2.34. The Morgan fingerprint density at radius 1 is 0.943 bits per heavy atom. The quantitative estimate of drug-likeness (QED) is 0.371. The molecule has 35 heavy (non-hydrogen) atoms. The minimum Gasteiger partial charge on any atom is -0.462 e. The maximum Gasteiger partial charge on any atom is 0.340 e. The first-order valence-corrected chi connectivity index (χ1v) is 11.7. The van der Waals surface area contributed by atoms with Crippen LogP contribution in [0.5, 0.6) is 0 Å². The van der Waals surface area contributed by atoms with E-state index in [1.807, 2.05) is 47.5 Å². The van der Waals surface area contributed by atoms with Crippen LogP contribution in [-0.2, 0) is 11.3 Å². The fraction of sp³-hybridized carbons (Fsp3) is 0.172. The molecule has 1 aliphatic rings. The summed E-state index contributed by atoms with van der Waals surface area (Å²) in [5, 5.41) is 3.00. The molecule has 2 amide bonds. The van der Waals surface area contributed by atoms with Crippen LogP contribution in [0, 0.1) is 6.92 Å². The number of rotatable bonds is 4. The van der Waals surface area contributed by atoms with Gasteiger partial charge in [-0.15, -0.1) is 0 Å². The van der Waals surface area contributed by atoms with Crippen molar-refractivity contribution in [3.63, 3.8) is 0 Å². The van der Waals surface area contributed by atoms with Crippen LogP contribution in [0.15, 0.2) is 91.1 Å². The molecule has 0 saturated heterocycles. The predicted molar refractivity (Wildman–Crippen MR) is 136 cm³/mol. The Kier molecular flexibility index (Phi) is 6.10. The molecule has 3 aromatic carbocycles. The summed E-state index contributed by atoms with van der Waals surface area (Å²) in [5.41, 5.74) is 5.98. The first kappa shape index (κ1) is 22.5. The van der Waals surface area contributed by atoms with Crippen LogP contribution in [0.2, 0.25) is 0 Å². The van der Waals surface area contributed by atoms with E-state index in [4.69, 9.17) is 4.74 Å². The van der Waals surface area contributed by atoms with Gasteiger partial charge in [-0.1, -0.05) is 54.6 Å². The van der Waals surface area contributed by atoms with Crippen molar-refractivity contribution in [1.29, 1.82) is 0 Å². The van der Waals surface area contributed by atoms with Gasteiger partial charge in [0, 0.05) is 11.9 Å². The van der Waals surface area contributed by atoms with Gasteiger partial charge < -0.3 is 19.5 Å². The highest BCUT2D eigenvalue weighted by molar-refractivity contribution is 6.01. The monoisotopic (exact) mass is 465 g/mol. The molecule has 1 aliphatic heterocycles. The summed E-state index contributed by atoms with van der Waals surface area (Å²) in [4.78, 5) is 28.3. The molecule has 5 rings (SSSR count). The van der Waals surface area contributed by atoms with Crippen molar-refractivity contribution in [3.8, 4) is 5.69 Å². The zero-order chi connectivity index (χ0) is 24.4. The van der Waals surface area contributed by atoms with Crippen molar-refractivity contribution in [3.05, 3.63) is 119 Å². The molecule has 0 radical (unpaired) electrons. The maximum atomic E-state index is 13.9. The Morgan fingerprint density at radius 2 is 1.69 bits per heavy atom. The molecule has 1 N–H and O–H groups in total. The van der Waals surface area contributed by atoms with E-state index in [9.17, 15) is 9.59 Å². The number of fused-ring (bicyclic) bond motifs is 3. The smallest absolute Gasteiger partial charge is 0.340 e. The van der Waals surface area contributed by atoms with E-state index < -0.39 is 5.97 Å². The van der Waals surface area contributed by atoms with Crippen LogP contribution < -0.4 is 5.32 Å². The molecule has 2 heterocycles. The number of carbonyl (C=O) groups excluding carboxylic acids is 2. The van der Waals surface area contributed by atoms with E-state index >= 15 is 0 Å². The van der Waals surface area contributed by atoms with E-state index in [0.717, 1.165) is 28.1 Å². The lowest BCUT2D eigenvalue weighted by atomic mass is 9.97. The first-order chi connectivity index (χ1) is 17.1. The Balaban J connectivity index is 1.61. The van der Waals surface area contributed by atoms with Crippen molar-refractivity contribution < 1.29 is 14.3 Å². The highest BCUT2D eigenvalue weighted by atomic mass is 16.5. The van der Waals surface area contributed by atoms with Crippen molar-refractivity contribution in [2.24, 2.45) is 0 Å². The third-order valence-corrected chi connectivity index (χ3v) is 6.37. The van der Waals surface area contributed by atoms with E-state index in [-0.39, 0.29) is 18.7 Å². The zero-order valence-corrected chi connectivity index (χ0v) is 19.8. The van der Waals surface area contributed by atoms with Gasteiger partial charge >= 0.3 is 12.0 Å². The van der Waals surface area contributed by atoms with Gasteiger partial charge in [0.25, 0.3) is 0 Å². The lowest BCUT2D eigenvalue weighted by molar-refractivity contribution is 0.0527. The average molecular weight is 466 g/mol. The topological polar surface area (TPSA) is 63.6 Å². The Morgan fingerprint density at radius 3 is 2.51 bits per heavy atom. The molecule has 176 valence electrons. The van der Waals surface area contributed by atoms with Gasteiger partial charge in [0.1, 0.15) is 6.04 Å². The van der Waals surface area contributed by atoms with Gasteiger partial charge in [0.05, 0.1) is 30.1 Å². The number of carbonyl (C=O) groups is 2. The number of aryl methyl sites for hydroxylation is 1. The zero-order valence-electron chi connectivity index (χ0n) is 19.8. The number of anilines is 1. The standard InChI is InChI=1S/C29H27N3O3/c1-3-35-28(33)23-14-7-8-15-24(23)30-29(34)32-19-21-12-5-9-16-25(21)31-18-10-17-26(31)27(32)22-13-6-4-11-20(22)2/h4-18,27H,3,19H2,1-2H3,(H,30,34)/t27-/m1/s1. The summed E-state index contributed by atoms with van der Waals surface area (Å²) in [6, 6.07) is 26.6.